The number of esters is 1. The van der Waals surface area contributed by atoms with Crippen LogP contribution < -0.4 is 4.74 Å². The molecule has 30 heavy (non-hydrogen) atoms. The summed E-state index contributed by atoms with van der Waals surface area (Å²) in [5, 5.41) is 0.540. The minimum atomic E-state index is -0.663. The topological polar surface area (TPSA) is 72.9 Å². The first-order valence-corrected chi connectivity index (χ1v) is 10.8. The van der Waals surface area contributed by atoms with E-state index in [1.54, 1.807) is 42.5 Å². The molecule has 1 saturated heterocycles. The number of ether oxygens (including phenoxy) is 2. The number of rotatable bonds is 6. The van der Waals surface area contributed by atoms with Gasteiger partial charge in [-0.15, -0.1) is 0 Å². The van der Waals surface area contributed by atoms with E-state index < -0.39 is 23.7 Å². The van der Waals surface area contributed by atoms with Crippen molar-refractivity contribution >= 4 is 74.1 Å². The molecule has 0 aromatic heterocycles. The Hall–Kier alpha value is -2.00. The predicted octanol–water partition coefficient (Wildman–Crippen LogP) is 5.54. The molecular formula is C20H14BrCl2NO5S. The lowest BCUT2D eigenvalue weighted by atomic mass is 10.2. The SMILES string of the molecule is COC(=O)CN1C(=O)S/C(=C/c2ccc(OCc3ccc(Cl)cc3Cl)c(Br)c2)C1=O. The Balaban J connectivity index is 1.71. The summed E-state index contributed by atoms with van der Waals surface area (Å²) >= 11 is 16.3. The number of nitrogens with zero attached hydrogens (tertiary/aromatic N) is 1. The van der Waals surface area contributed by atoms with E-state index in [1.807, 2.05) is 0 Å². The van der Waals surface area contributed by atoms with Gasteiger partial charge in [0.15, 0.2) is 0 Å². The van der Waals surface area contributed by atoms with Crippen molar-refractivity contribution in [3.63, 3.8) is 0 Å². The van der Waals surface area contributed by atoms with Gasteiger partial charge in [-0.05, 0) is 63.6 Å². The monoisotopic (exact) mass is 529 g/mol. The van der Waals surface area contributed by atoms with Crippen molar-refractivity contribution in [3.05, 3.63) is 66.9 Å². The Morgan fingerprint density at radius 1 is 1.20 bits per heavy atom. The Kier molecular flexibility index (Phi) is 7.46. The van der Waals surface area contributed by atoms with Crippen molar-refractivity contribution in [1.82, 2.24) is 4.90 Å². The zero-order valence-electron chi connectivity index (χ0n) is 15.5. The van der Waals surface area contributed by atoms with Gasteiger partial charge in [0.25, 0.3) is 11.1 Å². The Bertz CT molecular complexity index is 1060. The van der Waals surface area contributed by atoms with E-state index >= 15 is 0 Å². The predicted molar refractivity (Wildman–Crippen MR) is 120 cm³/mol. The molecule has 0 saturated carbocycles. The van der Waals surface area contributed by atoms with Crippen LogP contribution in [-0.4, -0.2) is 35.7 Å². The standard InChI is InChI=1S/C20H14BrCl2NO5S/c1-28-18(25)9-24-19(26)17(30-20(24)27)7-11-2-5-16(14(21)6-11)29-10-12-3-4-13(22)8-15(12)23/h2-8H,9-10H2,1H3/b17-7+. The molecular weight excluding hydrogens is 517 g/mol. The van der Waals surface area contributed by atoms with Gasteiger partial charge in [-0.2, -0.15) is 0 Å². The van der Waals surface area contributed by atoms with Gasteiger partial charge in [0.2, 0.25) is 0 Å². The first-order chi connectivity index (χ1) is 14.3. The molecule has 0 N–H and O–H groups in total. The van der Waals surface area contributed by atoms with Crippen molar-refractivity contribution < 1.29 is 23.9 Å². The third-order valence-electron chi connectivity index (χ3n) is 4.04. The summed E-state index contributed by atoms with van der Waals surface area (Å²) in [6.07, 6.45) is 1.58. The van der Waals surface area contributed by atoms with Crippen molar-refractivity contribution in [2.75, 3.05) is 13.7 Å². The van der Waals surface area contributed by atoms with E-state index in [-0.39, 0.29) is 11.5 Å². The molecule has 156 valence electrons. The van der Waals surface area contributed by atoms with E-state index in [2.05, 4.69) is 20.7 Å². The van der Waals surface area contributed by atoms with Crippen LogP contribution in [0.4, 0.5) is 4.79 Å². The molecule has 6 nitrogen and oxygen atoms in total. The number of thioether (sulfide) groups is 1. The van der Waals surface area contributed by atoms with Crippen molar-refractivity contribution in [3.8, 4) is 5.75 Å². The molecule has 2 amide bonds. The van der Waals surface area contributed by atoms with Gasteiger partial charge >= 0.3 is 5.97 Å². The van der Waals surface area contributed by atoms with Crippen molar-refractivity contribution in [2.45, 2.75) is 6.61 Å². The van der Waals surface area contributed by atoms with Gasteiger partial charge in [0, 0.05) is 15.6 Å². The van der Waals surface area contributed by atoms with Crippen LogP contribution in [0.25, 0.3) is 6.08 Å². The highest BCUT2D eigenvalue weighted by atomic mass is 79.9. The van der Waals surface area contributed by atoms with Crippen LogP contribution >= 0.6 is 50.9 Å². The molecule has 2 aromatic rings. The lowest BCUT2D eigenvalue weighted by molar-refractivity contribution is -0.143. The first kappa shape index (κ1) is 22.7. The Morgan fingerprint density at radius 3 is 2.63 bits per heavy atom. The molecule has 1 aliphatic heterocycles. The minimum Gasteiger partial charge on any atom is -0.488 e. The molecule has 0 spiro atoms. The number of imide groups is 1. The number of carbonyl (C=O) groups excluding carboxylic acids is 3. The number of carbonyl (C=O) groups is 3. The van der Waals surface area contributed by atoms with Gasteiger partial charge in [-0.25, -0.2) is 0 Å². The summed E-state index contributed by atoms with van der Waals surface area (Å²) in [7, 11) is 1.19. The minimum absolute atomic E-state index is 0.220. The van der Waals surface area contributed by atoms with E-state index in [9.17, 15) is 14.4 Å². The lowest BCUT2D eigenvalue weighted by Gasteiger charge is -2.11. The number of halogens is 3. The number of hydrogen-bond donors (Lipinski definition) is 0. The Labute approximate surface area is 195 Å². The molecule has 0 atom stereocenters. The largest absolute Gasteiger partial charge is 0.488 e. The summed E-state index contributed by atoms with van der Waals surface area (Å²) in [4.78, 5) is 36.8. The summed E-state index contributed by atoms with van der Waals surface area (Å²) in [6.45, 7) is -0.164. The molecule has 10 heteroatoms. The van der Waals surface area contributed by atoms with Crippen LogP contribution in [-0.2, 0) is 20.9 Å². The van der Waals surface area contributed by atoms with Crippen LogP contribution in [0.3, 0.4) is 0 Å². The second kappa shape index (κ2) is 9.87. The lowest BCUT2D eigenvalue weighted by Crippen LogP contribution is -2.34. The molecule has 2 aromatic carbocycles. The highest BCUT2D eigenvalue weighted by Crippen LogP contribution is 2.34. The summed E-state index contributed by atoms with van der Waals surface area (Å²) in [6, 6.07) is 10.4. The third-order valence-corrected chi connectivity index (χ3v) is 6.15. The van der Waals surface area contributed by atoms with Gasteiger partial charge in [-0.1, -0.05) is 35.3 Å². The van der Waals surface area contributed by atoms with Crippen LogP contribution in [0.15, 0.2) is 45.8 Å². The zero-order valence-corrected chi connectivity index (χ0v) is 19.4. The molecule has 1 heterocycles. The summed E-state index contributed by atoms with van der Waals surface area (Å²) < 4.78 is 11.0. The molecule has 3 rings (SSSR count). The normalized spacial score (nSPS) is 15.1. The molecule has 0 unspecified atom stereocenters. The van der Waals surface area contributed by atoms with Crippen LogP contribution in [0.5, 0.6) is 5.75 Å². The molecule has 0 radical (unpaired) electrons. The van der Waals surface area contributed by atoms with Crippen LogP contribution in [0, 0.1) is 0 Å². The fourth-order valence-corrected chi connectivity index (χ4v) is 4.31. The number of amides is 2. The van der Waals surface area contributed by atoms with Crippen molar-refractivity contribution in [1.29, 1.82) is 0 Å². The zero-order chi connectivity index (χ0) is 21.8. The van der Waals surface area contributed by atoms with Gasteiger partial charge < -0.3 is 9.47 Å². The maximum absolute atomic E-state index is 12.4. The molecule has 1 fully saturated rings. The van der Waals surface area contributed by atoms with Crippen LogP contribution in [0.1, 0.15) is 11.1 Å². The smallest absolute Gasteiger partial charge is 0.325 e. The second-order valence-corrected chi connectivity index (χ2v) is 8.75. The maximum Gasteiger partial charge on any atom is 0.325 e. The third kappa shape index (κ3) is 5.37. The first-order valence-electron chi connectivity index (χ1n) is 8.47. The maximum atomic E-state index is 12.4. The highest BCUT2D eigenvalue weighted by molar-refractivity contribution is 9.10. The van der Waals surface area contributed by atoms with E-state index in [1.165, 1.54) is 7.11 Å². The number of benzene rings is 2. The molecule has 0 aliphatic carbocycles. The van der Waals surface area contributed by atoms with E-state index in [0.29, 0.717) is 25.8 Å². The van der Waals surface area contributed by atoms with Gasteiger partial charge in [0.05, 0.1) is 16.5 Å². The van der Waals surface area contributed by atoms with Crippen molar-refractivity contribution in [2.24, 2.45) is 0 Å². The van der Waals surface area contributed by atoms with Gasteiger partial charge in [0.1, 0.15) is 18.9 Å². The quantitative estimate of drug-likeness (QED) is 0.360. The fourth-order valence-electron chi connectivity index (χ4n) is 2.50. The highest BCUT2D eigenvalue weighted by Gasteiger charge is 2.36. The fraction of sp³-hybridized carbons (Fsp3) is 0.150. The Morgan fingerprint density at radius 2 is 1.97 bits per heavy atom. The van der Waals surface area contributed by atoms with Crippen LogP contribution in [0.2, 0.25) is 10.0 Å². The number of hydrogen-bond acceptors (Lipinski definition) is 6. The number of methoxy groups -OCH3 is 1. The average Bonchev–Trinajstić information content (AvgIpc) is 2.95. The average molecular weight is 531 g/mol. The van der Waals surface area contributed by atoms with E-state index in [4.69, 9.17) is 27.9 Å². The second-order valence-electron chi connectivity index (χ2n) is 6.06. The molecule has 0 bridgehead atoms. The van der Waals surface area contributed by atoms with E-state index in [0.717, 1.165) is 22.2 Å². The van der Waals surface area contributed by atoms with Gasteiger partial charge in [-0.3, -0.25) is 19.3 Å². The summed E-state index contributed by atoms with van der Waals surface area (Å²) in [5.41, 5.74) is 1.47. The summed E-state index contributed by atoms with van der Waals surface area (Å²) in [5.74, 6) is -0.621. The molecule has 1 aliphatic rings.